The number of nitrogens with zero attached hydrogens (tertiary/aromatic N) is 3. The first-order valence-electron chi connectivity index (χ1n) is 10.8. The number of fused-ring (bicyclic) bond motifs is 1. The summed E-state index contributed by atoms with van der Waals surface area (Å²) in [6.45, 7) is 7.11. The van der Waals surface area contributed by atoms with Crippen LogP contribution in [0.2, 0.25) is 0 Å². The first-order valence-corrected chi connectivity index (χ1v) is 10.8. The fraction of sp³-hybridized carbons (Fsp3) is 0.591. The van der Waals surface area contributed by atoms with Crippen LogP contribution in [0.4, 0.5) is 5.69 Å². The molecule has 0 aromatic heterocycles. The normalized spacial score (nSPS) is 21.3. The Balaban J connectivity index is 1.35. The maximum Gasteiger partial charge on any atom is 0.231 e. The summed E-state index contributed by atoms with van der Waals surface area (Å²) < 4.78 is 10.7. The summed E-state index contributed by atoms with van der Waals surface area (Å²) in [6, 6.07) is 5.40. The highest BCUT2D eigenvalue weighted by molar-refractivity contribution is 6.00. The lowest BCUT2D eigenvalue weighted by atomic mass is 9.94. The van der Waals surface area contributed by atoms with Crippen molar-refractivity contribution in [2.75, 3.05) is 44.4 Å². The number of hydrogen-bond donors (Lipinski definition) is 0. The summed E-state index contributed by atoms with van der Waals surface area (Å²) >= 11 is 0. The molecular weight excluding hydrogens is 386 g/mol. The van der Waals surface area contributed by atoms with E-state index in [1.165, 1.54) is 0 Å². The summed E-state index contributed by atoms with van der Waals surface area (Å²) in [5.74, 6) is 1.08. The molecule has 1 atom stereocenters. The van der Waals surface area contributed by atoms with Crippen LogP contribution in [-0.4, -0.2) is 67.0 Å². The Morgan fingerprint density at radius 3 is 2.47 bits per heavy atom. The number of likely N-dealkylation sites (tertiary alicyclic amines) is 1. The van der Waals surface area contributed by atoms with Crippen LogP contribution in [-0.2, 0) is 14.4 Å². The zero-order chi connectivity index (χ0) is 21.3. The van der Waals surface area contributed by atoms with Crippen LogP contribution in [0.25, 0.3) is 0 Å². The van der Waals surface area contributed by atoms with E-state index in [1.807, 2.05) is 29.7 Å². The van der Waals surface area contributed by atoms with E-state index >= 15 is 0 Å². The summed E-state index contributed by atoms with van der Waals surface area (Å²) in [7, 11) is 0. The summed E-state index contributed by atoms with van der Waals surface area (Å²) in [6.07, 6.45) is 1.59. The zero-order valence-corrected chi connectivity index (χ0v) is 17.6. The zero-order valence-electron chi connectivity index (χ0n) is 17.6. The molecule has 1 aromatic carbocycles. The molecule has 0 radical (unpaired) electrons. The molecule has 162 valence electrons. The Morgan fingerprint density at radius 1 is 1.07 bits per heavy atom. The van der Waals surface area contributed by atoms with Gasteiger partial charge in [-0.2, -0.15) is 0 Å². The molecule has 0 aliphatic carbocycles. The molecule has 2 fully saturated rings. The van der Waals surface area contributed by atoms with Crippen molar-refractivity contribution in [1.82, 2.24) is 9.80 Å². The van der Waals surface area contributed by atoms with Crippen LogP contribution in [0.15, 0.2) is 18.2 Å². The third kappa shape index (κ3) is 3.82. The van der Waals surface area contributed by atoms with Crippen LogP contribution in [0.1, 0.15) is 33.1 Å². The molecule has 1 aromatic rings. The summed E-state index contributed by atoms with van der Waals surface area (Å²) in [4.78, 5) is 43.5. The van der Waals surface area contributed by atoms with Gasteiger partial charge in [0.05, 0.1) is 5.92 Å². The van der Waals surface area contributed by atoms with Gasteiger partial charge in [0.15, 0.2) is 11.5 Å². The molecule has 3 aliphatic rings. The van der Waals surface area contributed by atoms with Crippen LogP contribution in [0.5, 0.6) is 11.5 Å². The number of anilines is 1. The second-order valence-electron chi connectivity index (χ2n) is 8.05. The maximum absolute atomic E-state index is 13.0. The molecular formula is C22H29N3O5. The predicted molar refractivity (Wildman–Crippen MR) is 110 cm³/mol. The highest BCUT2D eigenvalue weighted by Crippen LogP contribution is 2.37. The first kappa shape index (κ1) is 20.5. The van der Waals surface area contributed by atoms with Crippen molar-refractivity contribution in [3.8, 4) is 11.5 Å². The minimum Gasteiger partial charge on any atom is -0.454 e. The second kappa shape index (κ2) is 8.53. The van der Waals surface area contributed by atoms with Crippen molar-refractivity contribution in [3.63, 3.8) is 0 Å². The Morgan fingerprint density at radius 2 is 1.77 bits per heavy atom. The van der Waals surface area contributed by atoms with Gasteiger partial charge < -0.3 is 24.2 Å². The van der Waals surface area contributed by atoms with Gasteiger partial charge in [-0.15, -0.1) is 0 Å². The van der Waals surface area contributed by atoms with Gasteiger partial charge in [-0.25, -0.2) is 0 Å². The predicted octanol–water partition coefficient (Wildman–Crippen LogP) is 1.88. The lowest BCUT2D eigenvalue weighted by Gasteiger charge is -2.34. The van der Waals surface area contributed by atoms with Crippen LogP contribution < -0.4 is 14.4 Å². The van der Waals surface area contributed by atoms with Gasteiger partial charge in [0.1, 0.15) is 0 Å². The van der Waals surface area contributed by atoms with Crippen molar-refractivity contribution in [1.29, 1.82) is 0 Å². The van der Waals surface area contributed by atoms with E-state index in [0.717, 1.165) is 5.69 Å². The number of piperidine rings is 1. The quantitative estimate of drug-likeness (QED) is 0.734. The van der Waals surface area contributed by atoms with Crippen LogP contribution in [0, 0.1) is 11.8 Å². The molecule has 0 saturated carbocycles. The number of hydrogen-bond acceptors (Lipinski definition) is 5. The Bertz CT molecular complexity index is 830. The van der Waals surface area contributed by atoms with Gasteiger partial charge >= 0.3 is 0 Å². The molecule has 1 unspecified atom stereocenters. The molecule has 8 heteroatoms. The second-order valence-corrected chi connectivity index (χ2v) is 8.05. The molecule has 0 N–H and O–H groups in total. The first-order chi connectivity index (χ1) is 14.5. The minimum atomic E-state index is -0.349. The molecule has 3 aliphatic heterocycles. The largest absolute Gasteiger partial charge is 0.454 e. The van der Waals surface area contributed by atoms with Crippen LogP contribution >= 0.6 is 0 Å². The SMILES string of the molecule is CCN(CC)C(=O)C1CCN(C(=O)C2CC(=O)N(c3ccc4c(c3)OCO4)C2)CC1. The van der Waals surface area contributed by atoms with E-state index in [2.05, 4.69) is 0 Å². The third-order valence-electron chi connectivity index (χ3n) is 6.37. The van der Waals surface area contributed by atoms with E-state index in [-0.39, 0.29) is 42.8 Å². The van der Waals surface area contributed by atoms with Gasteiger partial charge in [-0.05, 0) is 38.8 Å². The van der Waals surface area contributed by atoms with Crippen LogP contribution in [0.3, 0.4) is 0 Å². The number of carbonyl (C=O) groups excluding carboxylic acids is 3. The maximum atomic E-state index is 13.0. The molecule has 0 spiro atoms. The molecule has 3 heterocycles. The molecule has 30 heavy (non-hydrogen) atoms. The third-order valence-corrected chi connectivity index (χ3v) is 6.37. The highest BCUT2D eigenvalue weighted by Gasteiger charge is 2.39. The Kier molecular flexibility index (Phi) is 5.83. The lowest BCUT2D eigenvalue weighted by molar-refractivity contribution is -0.142. The van der Waals surface area contributed by atoms with E-state index in [0.29, 0.717) is 57.1 Å². The Labute approximate surface area is 176 Å². The van der Waals surface area contributed by atoms with Crippen molar-refractivity contribution >= 4 is 23.4 Å². The number of benzene rings is 1. The molecule has 0 bridgehead atoms. The van der Waals surface area contributed by atoms with Crippen molar-refractivity contribution in [3.05, 3.63) is 18.2 Å². The van der Waals surface area contributed by atoms with E-state index < -0.39 is 0 Å². The van der Waals surface area contributed by atoms with Crippen molar-refractivity contribution in [2.45, 2.75) is 33.1 Å². The van der Waals surface area contributed by atoms with Gasteiger partial charge in [0.25, 0.3) is 0 Å². The fourth-order valence-electron chi connectivity index (χ4n) is 4.57. The number of rotatable bonds is 5. The highest BCUT2D eigenvalue weighted by atomic mass is 16.7. The van der Waals surface area contributed by atoms with Gasteiger partial charge in [0, 0.05) is 56.8 Å². The average Bonchev–Trinajstić information content (AvgIpc) is 3.40. The number of amides is 3. The number of carbonyl (C=O) groups is 3. The molecule has 4 rings (SSSR count). The van der Waals surface area contributed by atoms with Crippen molar-refractivity contribution in [2.24, 2.45) is 11.8 Å². The van der Waals surface area contributed by atoms with Gasteiger partial charge in [-0.1, -0.05) is 0 Å². The van der Waals surface area contributed by atoms with E-state index in [1.54, 1.807) is 17.0 Å². The van der Waals surface area contributed by atoms with Crippen molar-refractivity contribution < 1.29 is 23.9 Å². The average molecular weight is 415 g/mol. The lowest BCUT2D eigenvalue weighted by Crippen LogP contribution is -2.46. The smallest absolute Gasteiger partial charge is 0.231 e. The van der Waals surface area contributed by atoms with Gasteiger partial charge in [0.2, 0.25) is 24.5 Å². The summed E-state index contributed by atoms with van der Waals surface area (Å²) in [5, 5.41) is 0. The molecule has 8 nitrogen and oxygen atoms in total. The summed E-state index contributed by atoms with van der Waals surface area (Å²) in [5.41, 5.74) is 0.725. The van der Waals surface area contributed by atoms with E-state index in [4.69, 9.17) is 9.47 Å². The van der Waals surface area contributed by atoms with Gasteiger partial charge in [-0.3, -0.25) is 14.4 Å². The monoisotopic (exact) mass is 415 g/mol. The number of ether oxygens (including phenoxy) is 2. The fourth-order valence-corrected chi connectivity index (χ4v) is 4.57. The minimum absolute atomic E-state index is 0.00992. The Hall–Kier alpha value is -2.77. The van der Waals surface area contributed by atoms with E-state index in [9.17, 15) is 14.4 Å². The topological polar surface area (TPSA) is 79.4 Å². The molecule has 2 saturated heterocycles. The standard InChI is InChI=1S/C22H29N3O5/c1-3-23(4-2)21(27)15-7-9-24(10-8-15)22(28)16-11-20(26)25(13-16)17-5-6-18-19(12-17)30-14-29-18/h5-6,12,15-16H,3-4,7-11,13-14H2,1-2H3. The molecule has 3 amide bonds.